The highest BCUT2D eigenvalue weighted by molar-refractivity contribution is 5.39. The Kier molecular flexibility index (Phi) is 2.40. The predicted molar refractivity (Wildman–Crippen MR) is 53.1 cm³/mol. The molecule has 13 heavy (non-hydrogen) atoms. The van der Waals surface area contributed by atoms with Gasteiger partial charge in [0.25, 0.3) is 0 Å². The predicted octanol–water partition coefficient (Wildman–Crippen LogP) is 2.00. The molecule has 0 radical (unpaired) electrons. The van der Waals surface area contributed by atoms with Crippen molar-refractivity contribution in [2.75, 3.05) is 0 Å². The van der Waals surface area contributed by atoms with Crippen LogP contribution >= 0.6 is 0 Å². The number of benzene rings is 1. The van der Waals surface area contributed by atoms with Crippen LogP contribution < -0.4 is 5.73 Å². The van der Waals surface area contributed by atoms with Crippen LogP contribution in [0.2, 0.25) is 0 Å². The number of nitrogens with two attached hydrogens (primary N) is 1. The van der Waals surface area contributed by atoms with E-state index in [-0.39, 0.29) is 0 Å². The van der Waals surface area contributed by atoms with Crippen molar-refractivity contribution in [3.8, 4) is 6.07 Å². The molecule has 0 bridgehead atoms. The van der Waals surface area contributed by atoms with Crippen molar-refractivity contribution in [3.05, 3.63) is 34.9 Å². The fraction of sp³-hybridized carbons (Fsp3) is 0.364. The molecule has 0 fully saturated rings. The summed E-state index contributed by atoms with van der Waals surface area (Å²) in [6.45, 7) is 5.70. The molecule has 2 heteroatoms. The summed E-state index contributed by atoms with van der Waals surface area (Å²) in [4.78, 5) is 0. The topological polar surface area (TPSA) is 49.8 Å². The minimum Gasteiger partial charge on any atom is -0.310 e. The van der Waals surface area contributed by atoms with Crippen LogP contribution in [-0.4, -0.2) is 0 Å². The summed E-state index contributed by atoms with van der Waals surface area (Å²) in [6.07, 6.45) is 0. The highest BCUT2D eigenvalue weighted by Crippen LogP contribution is 2.21. The van der Waals surface area contributed by atoms with Gasteiger partial charge in [-0.05, 0) is 31.9 Å². The molecule has 0 aliphatic carbocycles. The molecule has 0 amide bonds. The molecule has 2 nitrogen and oxygen atoms in total. The molecule has 0 spiro atoms. The van der Waals surface area contributed by atoms with E-state index < -0.39 is 5.54 Å². The minimum absolute atomic E-state index is 0.879. The summed E-state index contributed by atoms with van der Waals surface area (Å²) >= 11 is 0. The number of nitrogens with zero attached hydrogens (tertiary/aromatic N) is 1. The quantitative estimate of drug-likeness (QED) is 0.708. The van der Waals surface area contributed by atoms with Gasteiger partial charge in [-0.25, -0.2) is 0 Å². The summed E-state index contributed by atoms with van der Waals surface area (Å²) in [7, 11) is 0. The van der Waals surface area contributed by atoms with Crippen LogP contribution in [0.1, 0.15) is 23.6 Å². The molecular weight excluding hydrogens is 160 g/mol. The Bertz CT molecular complexity index is 359. The van der Waals surface area contributed by atoms with Gasteiger partial charge in [0, 0.05) is 0 Å². The first-order chi connectivity index (χ1) is 5.97. The number of aryl methyl sites for hydroxylation is 2. The number of rotatable bonds is 1. The van der Waals surface area contributed by atoms with Gasteiger partial charge in [0.2, 0.25) is 0 Å². The molecule has 0 saturated heterocycles. The molecule has 0 aromatic heterocycles. The van der Waals surface area contributed by atoms with Crippen LogP contribution in [0.15, 0.2) is 18.2 Å². The van der Waals surface area contributed by atoms with Crippen molar-refractivity contribution < 1.29 is 0 Å². The molecule has 0 aliphatic rings. The van der Waals surface area contributed by atoms with Gasteiger partial charge in [-0.15, -0.1) is 0 Å². The molecule has 1 atom stereocenters. The Morgan fingerprint density at radius 3 is 2.54 bits per heavy atom. The van der Waals surface area contributed by atoms with Crippen LogP contribution in [0, 0.1) is 25.2 Å². The van der Waals surface area contributed by atoms with E-state index in [1.807, 2.05) is 32.0 Å². The molecule has 68 valence electrons. The van der Waals surface area contributed by atoms with Gasteiger partial charge in [0.1, 0.15) is 5.54 Å². The highest BCUT2D eigenvalue weighted by Gasteiger charge is 2.22. The van der Waals surface area contributed by atoms with Gasteiger partial charge in [0.05, 0.1) is 6.07 Å². The summed E-state index contributed by atoms with van der Waals surface area (Å²) < 4.78 is 0. The van der Waals surface area contributed by atoms with Crippen molar-refractivity contribution in [1.82, 2.24) is 0 Å². The first-order valence-electron chi connectivity index (χ1n) is 4.25. The highest BCUT2D eigenvalue weighted by atomic mass is 14.7. The van der Waals surface area contributed by atoms with Crippen LogP contribution in [0.3, 0.4) is 0 Å². The number of hydrogen-bond acceptors (Lipinski definition) is 2. The number of hydrogen-bond donors (Lipinski definition) is 1. The summed E-state index contributed by atoms with van der Waals surface area (Å²) in [6, 6.07) is 8.09. The van der Waals surface area contributed by atoms with Gasteiger partial charge >= 0.3 is 0 Å². The van der Waals surface area contributed by atoms with Crippen molar-refractivity contribution in [3.63, 3.8) is 0 Å². The zero-order chi connectivity index (χ0) is 10.1. The molecule has 1 aromatic rings. The SMILES string of the molecule is Cc1ccc(C)c(C(C)(N)C#N)c1. The van der Waals surface area contributed by atoms with E-state index in [1.165, 1.54) is 0 Å². The second kappa shape index (κ2) is 3.20. The lowest BCUT2D eigenvalue weighted by atomic mass is 9.90. The van der Waals surface area contributed by atoms with E-state index in [0.717, 1.165) is 16.7 Å². The first-order valence-corrected chi connectivity index (χ1v) is 4.25. The van der Waals surface area contributed by atoms with Crippen molar-refractivity contribution >= 4 is 0 Å². The van der Waals surface area contributed by atoms with E-state index in [9.17, 15) is 0 Å². The van der Waals surface area contributed by atoms with Crippen molar-refractivity contribution in [1.29, 1.82) is 5.26 Å². The van der Waals surface area contributed by atoms with Crippen LogP contribution in [0.4, 0.5) is 0 Å². The fourth-order valence-corrected chi connectivity index (χ4v) is 1.36. The Morgan fingerprint density at radius 2 is 2.00 bits per heavy atom. The van der Waals surface area contributed by atoms with Gasteiger partial charge in [-0.3, -0.25) is 0 Å². The smallest absolute Gasteiger partial charge is 0.127 e. The third-order valence-corrected chi connectivity index (χ3v) is 2.18. The van der Waals surface area contributed by atoms with Gasteiger partial charge in [-0.2, -0.15) is 5.26 Å². The second-order valence-corrected chi connectivity index (χ2v) is 3.63. The molecule has 1 rings (SSSR count). The van der Waals surface area contributed by atoms with E-state index in [4.69, 9.17) is 11.0 Å². The lowest BCUT2D eigenvalue weighted by Gasteiger charge is -2.18. The maximum atomic E-state index is 8.89. The molecule has 1 aromatic carbocycles. The van der Waals surface area contributed by atoms with Gasteiger partial charge in [0.15, 0.2) is 0 Å². The molecule has 0 aliphatic heterocycles. The van der Waals surface area contributed by atoms with Crippen LogP contribution in [-0.2, 0) is 5.54 Å². The van der Waals surface area contributed by atoms with E-state index in [2.05, 4.69) is 6.07 Å². The molecule has 1 unspecified atom stereocenters. The van der Waals surface area contributed by atoms with E-state index >= 15 is 0 Å². The summed E-state index contributed by atoms with van der Waals surface area (Å²) in [5.41, 5.74) is 8.08. The molecule has 0 saturated carbocycles. The lowest BCUT2D eigenvalue weighted by Crippen LogP contribution is -2.31. The van der Waals surface area contributed by atoms with Gasteiger partial charge in [-0.1, -0.05) is 23.8 Å². The van der Waals surface area contributed by atoms with Gasteiger partial charge < -0.3 is 5.73 Å². The van der Waals surface area contributed by atoms with E-state index in [1.54, 1.807) is 6.92 Å². The fourth-order valence-electron chi connectivity index (χ4n) is 1.36. The third-order valence-electron chi connectivity index (χ3n) is 2.18. The lowest BCUT2D eigenvalue weighted by molar-refractivity contribution is 0.641. The Hall–Kier alpha value is -1.33. The zero-order valence-electron chi connectivity index (χ0n) is 8.26. The third kappa shape index (κ3) is 1.88. The zero-order valence-corrected chi connectivity index (χ0v) is 8.26. The van der Waals surface area contributed by atoms with E-state index in [0.29, 0.717) is 0 Å². The maximum absolute atomic E-state index is 8.89. The minimum atomic E-state index is -0.879. The van der Waals surface area contributed by atoms with Crippen molar-refractivity contribution in [2.24, 2.45) is 5.73 Å². The Labute approximate surface area is 79.0 Å². The van der Waals surface area contributed by atoms with Crippen LogP contribution in [0.5, 0.6) is 0 Å². The molecule has 0 heterocycles. The second-order valence-electron chi connectivity index (χ2n) is 3.63. The maximum Gasteiger partial charge on any atom is 0.127 e. The summed E-state index contributed by atoms with van der Waals surface area (Å²) in [5.74, 6) is 0. The Morgan fingerprint density at radius 1 is 1.38 bits per heavy atom. The summed E-state index contributed by atoms with van der Waals surface area (Å²) in [5, 5.41) is 8.89. The molecule has 2 N–H and O–H groups in total. The standard InChI is InChI=1S/C11H14N2/c1-8-4-5-9(2)10(6-8)11(3,13)7-12/h4-6H,13H2,1-3H3. The normalized spacial score (nSPS) is 14.7. The average molecular weight is 174 g/mol. The monoisotopic (exact) mass is 174 g/mol. The Balaban J connectivity index is 3.30. The first kappa shape index (κ1) is 9.76. The van der Waals surface area contributed by atoms with Crippen molar-refractivity contribution in [2.45, 2.75) is 26.3 Å². The number of nitriles is 1. The largest absolute Gasteiger partial charge is 0.310 e. The average Bonchev–Trinajstić information content (AvgIpc) is 2.09. The van der Waals surface area contributed by atoms with Crippen LogP contribution in [0.25, 0.3) is 0 Å². The molecular formula is C11H14N2.